The van der Waals surface area contributed by atoms with Crippen molar-refractivity contribution in [1.29, 1.82) is 5.26 Å². The van der Waals surface area contributed by atoms with Crippen LogP contribution in [0.3, 0.4) is 0 Å². The normalized spacial score (nSPS) is 18.0. The average Bonchev–Trinajstić information content (AvgIpc) is 3.26. The summed E-state index contributed by atoms with van der Waals surface area (Å²) in [4.78, 5) is 17.4. The van der Waals surface area contributed by atoms with E-state index in [9.17, 15) is 10.1 Å². The van der Waals surface area contributed by atoms with Crippen LogP contribution in [-0.2, 0) is 5.41 Å². The minimum Gasteiger partial charge on any atom is -0.487 e. The third kappa shape index (κ3) is 4.40. The van der Waals surface area contributed by atoms with E-state index in [-0.39, 0.29) is 18.0 Å². The SMILES string of the molecule is CC(C)Oc1cc2c(cc1OC(C(C)C)C1CCNCC1)C(C)(C)c1[nH]c3cc(C#N)ccc3c1C2=O. The number of hydrogen-bond acceptors (Lipinski definition) is 5. The van der Waals surface area contributed by atoms with E-state index >= 15 is 0 Å². The first kappa shape index (κ1) is 25.4. The number of ketones is 1. The molecule has 1 aliphatic carbocycles. The standard InChI is InChI=1S/C31H37N3O3/c1-17(2)29(20-9-11-33-12-10-20)37-26-15-23-22(14-25(26)36-18(3)4)28(35)27-21-8-7-19(16-32)13-24(21)34-30(27)31(23,5)6/h7-8,13-15,17-18,20,29,33-34H,9-12H2,1-6H3. The number of carbonyl (C=O) groups is 1. The minimum absolute atomic E-state index is 0.0285. The molecule has 0 saturated carbocycles. The first-order chi connectivity index (χ1) is 17.6. The molecule has 194 valence electrons. The number of rotatable bonds is 6. The number of piperidine rings is 1. The van der Waals surface area contributed by atoms with Gasteiger partial charge >= 0.3 is 0 Å². The Bertz CT molecular complexity index is 1390. The van der Waals surface area contributed by atoms with Gasteiger partial charge in [0.15, 0.2) is 17.3 Å². The molecule has 1 aliphatic heterocycles. The Labute approximate surface area is 219 Å². The molecule has 2 aromatic carbocycles. The van der Waals surface area contributed by atoms with E-state index in [0.29, 0.717) is 40.0 Å². The number of benzene rings is 2. The maximum Gasteiger partial charge on any atom is 0.195 e. The highest BCUT2D eigenvalue weighted by molar-refractivity contribution is 6.20. The van der Waals surface area contributed by atoms with Crippen LogP contribution in [0.4, 0.5) is 0 Å². The van der Waals surface area contributed by atoms with Gasteiger partial charge in [0.25, 0.3) is 0 Å². The fourth-order valence-electron chi connectivity index (χ4n) is 6.04. The highest BCUT2D eigenvalue weighted by atomic mass is 16.5. The number of hydrogen-bond donors (Lipinski definition) is 2. The molecular formula is C31H37N3O3. The van der Waals surface area contributed by atoms with Crippen molar-refractivity contribution in [2.75, 3.05) is 13.1 Å². The lowest BCUT2D eigenvalue weighted by Crippen LogP contribution is -2.39. The van der Waals surface area contributed by atoms with Crippen molar-refractivity contribution < 1.29 is 14.3 Å². The predicted octanol–water partition coefficient (Wildman–Crippen LogP) is 6.10. The zero-order valence-electron chi connectivity index (χ0n) is 22.7. The smallest absolute Gasteiger partial charge is 0.195 e. The summed E-state index contributed by atoms with van der Waals surface area (Å²) in [5.41, 5.74) is 4.02. The quantitative estimate of drug-likeness (QED) is 0.428. The van der Waals surface area contributed by atoms with Gasteiger partial charge in [0, 0.05) is 27.6 Å². The van der Waals surface area contributed by atoms with E-state index in [1.54, 1.807) is 6.07 Å². The zero-order valence-corrected chi connectivity index (χ0v) is 22.7. The Hall–Kier alpha value is -3.30. The summed E-state index contributed by atoms with van der Waals surface area (Å²) in [6.07, 6.45) is 2.17. The zero-order chi connectivity index (χ0) is 26.5. The van der Waals surface area contributed by atoms with Crippen molar-refractivity contribution in [1.82, 2.24) is 10.3 Å². The lowest BCUT2D eigenvalue weighted by Gasteiger charge is -2.36. The molecule has 0 radical (unpaired) electrons. The van der Waals surface area contributed by atoms with Crippen molar-refractivity contribution in [3.05, 3.63) is 58.3 Å². The second-order valence-electron chi connectivity index (χ2n) is 11.6. The Balaban J connectivity index is 1.64. The summed E-state index contributed by atoms with van der Waals surface area (Å²) in [7, 11) is 0. The lowest BCUT2D eigenvalue weighted by molar-refractivity contribution is 0.0669. The van der Waals surface area contributed by atoms with E-state index in [2.05, 4.69) is 44.1 Å². The Morgan fingerprint density at radius 1 is 1.03 bits per heavy atom. The van der Waals surface area contributed by atoms with Crippen molar-refractivity contribution in [3.63, 3.8) is 0 Å². The van der Waals surface area contributed by atoms with Crippen LogP contribution in [0.1, 0.15) is 87.1 Å². The molecule has 1 aromatic heterocycles. The number of aromatic nitrogens is 1. The van der Waals surface area contributed by atoms with Crippen LogP contribution in [0.5, 0.6) is 11.5 Å². The highest BCUT2D eigenvalue weighted by Crippen LogP contribution is 2.47. The lowest BCUT2D eigenvalue weighted by atomic mass is 9.71. The summed E-state index contributed by atoms with van der Waals surface area (Å²) in [5.74, 6) is 2.10. The van der Waals surface area contributed by atoms with E-state index in [0.717, 1.165) is 48.1 Å². The fourth-order valence-corrected chi connectivity index (χ4v) is 6.04. The molecule has 1 saturated heterocycles. The van der Waals surface area contributed by atoms with Gasteiger partial charge in [0.1, 0.15) is 6.10 Å². The van der Waals surface area contributed by atoms with Crippen molar-refractivity contribution >= 4 is 16.7 Å². The third-order valence-electron chi connectivity index (χ3n) is 7.91. The molecule has 2 heterocycles. The van der Waals surface area contributed by atoms with Gasteiger partial charge in [0.2, 0.25) is 0 Å². The van der Waals surface area contributed by atoms with Crippen LogP contribution >= 0.6 is 0 Å². The van der Waals surface area contributed by atoms with E-state index < -0.39 is 5.41 Å². The first-order valence-corrected chi connectivity index (χ1v) is 13.4. The molecule has 0 bridgehead atoms. The summed E-state index contributed by atoms with van der Waals surface area (Å²) in [5, 5.41) is 13.7. The summed E-state index contributed by atoms with van der Waals surface area (Å²) in [6, 6.07) is 11.6. The van der Waals surface area contributed by atoms with Crippen LogP contribution in [0.15, 0.2) is 30.3 Å². The topological polar surface area (TPSA) is 87.1 Å². The number of nitrogens with one attached hydrogen (secondary N) is 2. The van der Waals surface area contributed by atoms with Crippen LogP contribution in [0, 0.1) is 23.2 Å². The minimum atomic E-state index is -0.471. The second-order valence-corrected chi connectivity index (χ2v) is 11.6. The molecule has 0 amide bonds. The average molecular weight is 500 g/mol. The Kier molecular flexibility index (Phi) is 6.53. The maximum atomic E-state index is 14.0. The van der Waals surface area contributed by atoms with Crippen molar-refractivity contribution in [3.8, 4) is 17.6 Å². The molecule has 5 rings (SSSR count). The second kappa shape index (κ2) is 9.54. The molecule has 37 heavy (non-hydrogen) atoms. The van der Waals surface area contributed by atoms with Gasteiger partial charge in [-0.25, -0.2) is 0 Å². The van der Waals surface area contributed by atoms with Gasteiger partial charge in [-0.15, -0.1) is 0 Å². The number of ether oxygens (including phenoxy) is 2. The largest absolute Gasteiger partial charge is 0.487 e. The van der Waals surface area contributed by atoms with Crippen LogP contribution in [0.2, 0.25) is 0 Å². The molecule has 0 spiro atoms. The summed E-state index contributed by atoms with van der Waals surface area (Å²) in [6.45, 7) is 14.7. The monoisotopic (exact) mass is 499 g/mol. The number of nitriles is 1. The molecule has 2 N–H and O–H groups in total. The van der Waals surface area contributed by atoms with Gasteiger partial charge in [-0.2, -0.15) is 5.26 Å². The summed E-state index contributed by atoms with van der Waals surface area (Å²) < 4.78 is 13.1. The number of H-pyrrole nitrogens is 1. The molecular weight excluding hydrogens is 462 g/mol. The molecule has 6 heteroatoms. The highest BCUT2D eigenvalue weighted by Gasteiger charge is 2.41. The molecule has 2 aliphatic rings. The summed E-state index contributed by atoms with van der Waals surface area (Å²) >= 11 is 0. The van der Waals surface area contributed by atoms with Crippen molar-refractivity contribution in [2.45, 2.75) is 72.0 Å². The Morgan fingerprint density at radius 3 is 2.38 bits per heavy atom. The maximum absolute atomic E-state index is 14.0. The van der Waals surface area contributed by atoms with Crippen LogP contribution in [-0.4, -0.2) is 36.1 Å². The van der Waals surface area contributed by atoms with E-state index in [4.69, 9.17) is 9.47 Å². The van der Waals surface area contributed by atoms with Gasteiger partial charge in [-0.05, 0) is 81.4 Å². The number of nitrogens with zero attached hydrogens (tertiary/aromatic N) is 1. The van der Waals surface area contributed by atoms with E-state index in [1.165, 1.54) is 0 Å². The van der Waals surface area contributed by atoms with Gasteiger partial charge in [0.05, 0.1) is 23.3 Å². The number of fused-ring (bicyclic) bond motifs is 4. The van der Waals surface area contributed by atoms with Crippen LogP contribution in [0.25, 0.3) is 10.9 Å². The molecule has 1 unspecified atom stereocenters. The van der Waals surface area contributed by atoms with Crippen molar-refractivity contribution in [2.24, 2.45) is 11.8 Å². The van der Waals surface area contributed by atoms with E-state index in [1.807, 2.05) is 38.1 Å². The molecule has 1 fully saturated rings. The van der Waals surface area contributed by atoms with Crippen LogP contribution < -0.4 is 14.8 Å². The Morgan fingerprint density at radius 2 is 1.73 bits per heavy atom. The predicted molar refractivity (Wildman–Crippen MR) is 146 cm³/mol. The third-order valence-corrected chi connectivity index (χ3v) is 7.91. The molecule has 1 atom stereocenters. The molecule has 3 aromatic rings. The van der Waals surface area contributed by atoms with Gasteiger partial charge in [-0.1, -0.05) is 33.8 Å². The molecule has 6 nitrogen and oxygen atoms in total. The number of carbonyl (C=O) groups excluding carboxylic acids is 1. The van der Waals surface area contributed by atoms with Gasteiger partial charge in [-0.3, -0.25) is 4.79 Å². The number of aromatic amines is 1. The van der Waals surface area contributed by atoms with Gasteiger partial charge < -0.3 is 19.8 Å². The first-order valence-electron chi connectivity index (χ1n) is 13.4. The fraction of sp³-hybridized carbons (Fsp3) is 0.484.